The van der Waals surface area contributed by atoms with Crippen molar-refractivity contribution in [2.45, 2.75) is 6.42 Å². The van der Waals surface area contributed by atoms with E-state index in [1.54, 1.807) is 0 Å². The third-order valence-corrected chi connectivity index (χ3v) is 1.47. The van der Waals surface area contributed by atoms with Crippen LogP contribution in [-0.2, 0) is 16.0 Å². The standard InChI is InChI=1S/C6H5N3O5/c10-4(6(11)12)1-3-2-7-8-5(3)9(13)14/h2H,1H2,(H,7,8)(H,11,12). The number of hydrogen-bond acceptors (Lipinski definition) is 5. The Labute approximate surface area is 76.7 Å². The molecule has 0 atom stereocenters. The van der Waals surface area contributed by atoms with E-state index in [2.05, 4.69) is 10.2 Å². The first-order valence-electron chi connectivity index (χ1n) is 3.45. The molecule has 8 heteroatoms. The van der Waals surface area contributed by atoms with Crippen molar-refractivity contribution >= 4 is 17.6 Å². The minimum atomic E-state index is -1.62. The molecule has 1 rings (SSSR count). The highest BCUT2D eigenvalue weighted by Gasteiger charge is 2.21. The SMILES string of the molecule is O=C(O)C(=O)Cc1cn[nH]c1[N+](=O)[O-]. The first-order valence-corrected chi connectivity index (χ1v) is 3.45. The van der Waals surface area contributed by atoms with E-state index in [0.29, 0.717) is 0 Å². The second-order valence-corrected chi connectivity index (χ2v) is 2.41. The van der Waals surface area contributed by atoms with Crippen LogP contribution in [0.3, 0.4) is 0 Å². The Morgan fingerprint density at radius 3 is 2.79 bits per heavy atom. The normalized spacial score (nSPS) is 9.71. The molecule has 0 fully saturated rings. The van der Waals surface area contributed by atoms with Crippen LogP contribution in [0.2, 0.25) is 0 Å². The molecule has 0 aliphatic rings. The summed E-state index contributed by atoms with van der Waals surface area (Å²) in [5.74, 6) is -3.20. The fraction of sp³-hybridized carbons (Fsp3) is 0.167. The summed E-state index contributed by atoms with van der Waals surface area (Å²) in [5, 5.41) is 24.0. The van der Waals surface area contributed by atoms with E-state index < -0.39 is 28.9 Å². The summed E-state index contributed by atoms with van der Waals surface area (Å²) < 4.78 is 0. The van der Waals surface area contributed by atoms with Crippen LogP contribution in [0.1, 0.15) is 5.56 Å². The summed E-state index contributed by atoms with van der Waals surface area (Å²) in [6, 6.07) is 0. The second-order valence-electron chi connectivity index (χ2n) is 2.41. The van der Waals surface area contributed by atoms with Crippen LogP contribution in [-0.4, -0.2) is 32.0 Å². The highest BCUT2D eigenvalue weighted by atomic mass is 16.6. The maximum atomic E-state index is 10.7. The summed E-state index contributed by atoms with van der Waals surface area (Å²) in [5.41, 5.74) is -0.0394. The summed E-state index contributed by atoms with van der Waals surface area (Å²) in [7, 11) is 0. The lowest BCUT2D eigenvalue weighted by Gasteiger charge is -1.93. The number of aliphatic carboxylic acids is 1. The number of nitrogens with zero attached hydrogens (tertiary/aromatic N) is 2. The molecule has 74 valence electrons. The minimum Gasteiger partial charge on any atom is -0.475 e. The topological polar surface area (TPSA) is 126 Å². The highest BCUT2D eigenvalue weighted by Crippen LogP contribution is 2.14. The molecule has 1 aromatic heterocycles. The number of Topliss-reactive ketones (excluding diaryl/α,β-unsaturated/α-hetero) is 1. The molecular formula is C6H5N3O5. The number of nitrogens with one attached hydrogen (secondary N) is 1. The number of H-pyrrole nitrogens is 1. The van der Waals surface area contributed by atoms with E-state index in [1.807, 2.05) is 0 Å². The number of carboxylic acid groups (broad SMARTS) is 1. The van der Waals surface area contributed by atoms with Gasteiger partial charge in [-0.15, -0.1) is 5.10 Å². The van der Waals surface area contributed by atoms with Gasteiger partial charge in [-0.1, -0.05) is 5.10 Å². The predicted octanol–water partition coefficient (Wildman–Crippen LogP) is -0.486. The molecule has 0 saturated carbocycles. The molecule has 0 saturated heterocycles. The number of aromatic amines is 1. The first kappa shape index (κ1) is 9.84. The van der Waals surface area contributed by atoms with Gasteiger partial charge < -0.3 is 15.2 Å². The third kappa shape index (κ3) is 1.91. The summed E-state index contributed by atoms with van der Waals surface area (Å²) >= 11 is 0. The van der Waals surface area contributed by atoms with Gasteiger partial charge in [0.15, 0.2) is 0 Å². The van der Waals surface area contributed by atoms with Gasteiger partial charge in [0.05, 0.1) is 18.2 Å². The van der Waals surface area contributed by atoms with Crippen molar-refractivity contribution < 1.29 is 19.6 Å². The molecule has 8 nitrogen and oxygen atoms in total. The predicted molar refractivity (Wildman–Crippen MR) is 41.6 cm³/mol. The van der Waals surface area contributed by atoms with Gasteiger partial charge >= 0.3 is 11.8 Å². The molecular weight excluding hydrogens is 194 g/mol. The van der Waals surface area contributed by atoms with Gasteiger partial charge in [-0.25, -0.2) is 4.79 Å². The molecule has 0 radical (unpaired) electrons. The van der Waals surface area contributed by atoms with Gasteiger partial charge in [0.1, 0.15) is 0 Å². The van der Waals surface area contributed by atoms with Crippen molar-refractivity contribution in [3.63, 3.8) is 0 Å². The van der Waals surface area contributed by atoms with Crippen LogP contribution in [0.15, 0.2) is 6.20 Å². The Kier molecular flexibility index (Phi) is 2.56. The van der Waals surface area contributed by atoms with Gasteiger partial charge in [0, 0.05) is 0 Å². The monoisotopic (exact) mass is 199 g/mol. The number of carboxylic acids is 1. The number of nitro groups is 1. The van der Waals surface area contributed by atoms with Gasteiger partial charge in [0.2, 0.25) is 5.78 Å². The van der Waals surface area contributed by atoms with Crippen molar-refractivity contribution in [3.8, 4) is 0 Å². The summed E-state index contributed by atoms with van der Waals surface area (Å²) in [4.78, 5) is 30.4. The molecule has 2 N–H and O–H groups in total. The van der Waals surface area contributed by atoms with Crippen molar-refractivity contribution in [1.29, 1.82) is 0 Å². The van der Waals surface area contributed by atoms with Crippen LogP contribution in [0.5, 0.6) is 0 Å². The van der Waals surface area contributed by atoms with E-state index in [4.69, 9.17) is 5.11 Å². The summed E-state index contributed by atoms with van der Waals surface area (Å²) in [6.45, 7) is 0. The van der Waals surface area contributed by atoms with Crippen LogP contribution in [0.25, 0.3) is 0 Å². The van der Waals surface area contributed by atoms with Crippen LogP contribution in [0.4, 0.5) is 5.82 Å². The molecule has 0 bridgehead atoms. The zero-order chi connectivity index (χ0) is 10.7. The number of carbonyl (C=O) groups excluding carboxylic acids is 1. The lowest BCUT2D eigenvalue weighted by atomic mass is 10.2. The van der Waals surface area contributed by atoms with E-state index in [-0.39, 0.29) is 5.56 Å². The van der Waals surface area contributed by atoms with Crippen LogP contribution >= 0.6 is 0 Å². The Morgan fingerprint density at radius 1 is 1.64 bits per heavy atom. The zero-order valence-electron chi connectivity index (χ0n) is 6.76. The highest BCUT2D eigenvalue weighted by molar-refractivity contribution is 6.33. The maximum Gasteiger partial charge on any atom is 0.372 e. The Morgan fingerprint density at radius 2 is 2.29 bits per heavy atom. The van der Waals surface area contributed by atoms with E-state index in [1.165, 1.54) is 0 Å². The number of rotatable bonds is 4. The Bertz CT molecular complexity index is 396. The largest absolute Gasteiger partial charge is 0.475 e. The third-order valence-electron chi connectivity index (χ3n) is 1.47. The molecule has 1 aromatic rings. The smallest absolute Gasteiger partial charge is 0.372 e. The molecule has 0 aliphatic carbocycles. The number of aromatic nitrogens is 2. The first-order chi connectivity index (χ1) is 6.52. The fourth-order valence-electron chi connectivity index (χ4n) is 0.840. The zero-order valence-corrected chi connectivity index (χ0v) is 6.76. The summed E-state index contributed by atoms with van der Waals surface area (Å²) in [6.07, 6.45) is 0.515. The van der Waals surface area contributed by atoms with Gasteiger partial charge in [0.25, 0.3) is 0 Å². The number of ketones is 1. The van der Waals surface area contributed by atoms with Crippen molar-refractivity contribution in [2.75, 3.05) is 0 Å². The molecule has 0 aliphatic heterocycles. The lowest BCUT2D eigenvalue weighted by Crippen LogP contribution is -2.15. The quantitative estimate of drug-likeness (QED) is 0.383. The minimum absolute atomic E-state index is 0.0394. The molecule has 0 spiro atoms. The lowest BCUT2D eigenvalue weighted by molar-refractivity contribution is -0.390. The average Bonchev–Trinajstić information content (AvgIpc) is 2.52. The van der Waals surface area contributed by atoms with E-state index in [0.717, 1.165) is 6.20 Å². The average molecular weight is 199 g/mol. The molecule has 14 heavy (non-hydrogen) atoms. The fourth-order valence-corrected chi connectivity index (χ4v) is 0.840. The van der Waals surface area contributed by atoms with E-state index in [9.17, 15) is 19.7 Å². The molecule has 0 unspecified atom stereocenters. The number of carbonyl (C=O) groups is 2. The Balaban J connectivity index is 2.87. The molecule has 1 heterocycles. The van der Waals surface area contributed by atoms with Gasteiger partial charge in [-0.2, -0.15) is 0 Å². The molecule has 0 aromatic carbocycles. The van der Waals surface area contributed by atoms with Crippen molar-refractivity contribution in [3.05, 3.63) is 21.9 Å². The van der Waals surface area contributed by atoms with Gasteiger partial charge in [-0.05, 0) is 4.92 Å². The van der Waals surface area contributed by atoms with E-state index >= 15 is 0 Å². The maximum absolute atomic E-state index is 10.7. The van der Waals surface area contributed by atoms with Crippen molar-refractivity contribution in [1.82, 2.24) is 10.2 Å². The second kappa shape index (κ2) is 3.64. The van der Waals surface area contributed by atoms with Crippen LogP contribution in [0, 0.1) is 10.1 Å². The Hall–Kier alpha value is -2.25. The van der Waals surface area contributed by atoms with Gasteiger partial charge in [-0.3, -0.25) is 4.79 Å². The van der Waals surface area contributed by atoms with Crippen molar-refractivity contribution in [2.24, 2.45) is 0 Å². The van der Waals surface area contributed by atoms with Crippen LogP contribution < -0.4 is 0 Å². The molecule has 0 amide bonds. The number of hydrogen-bond donors (Lipinski definition) is 2.